The summed E-state index contributed by atoms with van der Waals surface area (Å²) in [6.45, 7) is 0. The van der Waals surface area contributed by atoms with Crippen LogP contribution in [0.15, 0.2) is 21.2 Å². The molecule has 15 heavy (non-hydrogen) atoms. The molecule has 0 saturated heterocycles. The standard InChI is InChI=1S/C8H5BrClN3O2/c1-13-6(8(9)11-12-13)7(14)4-2-3-5(10)15-4/h2-3H,1H3. The van der Waals surface area contributed by atoms with Gasteiger partial charge in [0, 0.05) is 7.05 Å². The smallest absolute Gasteiger partial charge is 0.249 e. The molecule has 0 aliphatic carbocycles. The fourth-order valence-electron chi connectivity index (χ4n) is 1.13. The van der Waals surface area contributed by atoms with Crippen molar-refractivity contribution in [2.24, 2.45) is 7.05 Å². The molecule has 0 radical (unpaired) electrons. The maximum Gasteiger partial charge on any atom is 0.249 e. The number of ketones is 1. The molecule has 2 aromatic heterocycles. The summed E-state index contributed by atoms with van der Waals surface area (Å²) in [6, 6.07) is 3.01. The summed E-state index contributed by atoms with van der Waals surface area (Å²) in [4.78, 5) is 11.9. The normalized spacial score (nSPS) is 10.6. The van der Waals surface area contributed by atoms with Gasteiger partial charge in [0.25, 0.3) is 0 Å². The van der Waals surface area contributed by atoms with E-state index in [-0.39, 0.29) is 16.8 Å². The molecule has 2 aromatic rings. The minimum atomic E-state index is -0.318. The molecule has 0 bridgehead atoms. The van der Waals surface area contributed by atoms with Crippen molar-refractivity contribution < 1.29 is 9.21 Å². The van der Waals surface area contributed by atoms with E-state index in [4.69, 9.17) is 16.0 Å². The number of halogens is 2. The van der Waals surface area contributed by atoms with Gasteiger partial charge in [0.05, 0.1) is 0 Å². The Morgan fingerprint density at radius 2 is 2.33 bits per heavy atom. The molecule has 2 rings (SSSR count). The quantitative estimate of drug-likeness (QED) is 0.794. The van der Waals surface area contributed by atoms with Crippen LogP contribution in [0.5, 0.6) is 0 Å². The minimum Gasteiger partial charge on any atom is -0.441 e. The van der Waals surface area contributed by atoms with Gasteiger partial charge in [-0.25, -0.2) is 4.68 Å². The second kappa shape index (κ2) is 3.79. The van der Waals surface area contributed by atoms with E-state index in [9.17, 15) is 4.79 Å². The van der Waals surface area contributed by atoms with Gasteiger partial charge in [-0.05, 0) is 39.7 Å². The van der Waals surface area contributed by atoms with E-state index in [1.165, 1.54) is 16.8 Å². The van der Waals surface area contributed by atoms with Crippen molar-refractivity contribution in [2.45, 2.75) is 0 Å². The van der Waals surface area contributed by atoms with Gasteiger partial charge in [-0.3, -0.25) is 4.79 Å². The van der Waals surface area contributed by atoms with Crippen molar-refractivity contribution >= 4 is 33.3 Å². The Morgan fingerprint density at radius 1 is 1.60 bits per heavy atom. The van der Waals surface area contributed by atoms with Crippen molar-refractivity contribution in [3.63, 3.8) is 0 Å². The predicted molar refractivity (Wildman–Crippen MR) is 55.9 cm³/mol. The predicted octanol–water partition coefficient (Wildman–Crippen LogP) is 2.05. The lowest BCUT2D eigenvalue weighted by Crippen LogP contribution is -2.07. The highest BCUT2D eigenvalue weighted by Gasteiger charge is 2.21. The van der Waals surface area contributed by atoms with Crippen LogP contribution in [0.4, 0.5) is 0 Å². The van der Waals surface area contributed by atoms with Crippen molar-refractivity contribution in [3.8, 4) is 0 Å². The van der Waals surface area contributed by atoms with Crippen LogP contribution in [-0.2, 0) is 7.05 Å². The number of carbonyl (C=O) groups is 1. The first kappa shape index (κ1) is 10.4. The summed E-state index contributed by atoms with van der Waals surface area (Å²) >= 11 is 8.71. The van der Waals surface area contributed by atoms with Gasteiger partial charge in [-0.1, -0.05) is 5.21 Å². The maximum absolute atomic E-state index is 11.9. The highest BCUT2D eigenvalue weighted by Crippen LogP contribution is 2.20. The fourth-order valence-corrected chi connectivity index (χ4v) is 1.78. The molecule has 0 unspecified atom stereocenters. The van der Waals surface area contributed by atoms with Crippen molar-refractivity contribution in [1.82, 2.24) is 15.0 Å². The van der Waals surface area contributed by atoms with Gasteiger partial charge in [-0.15, -0.1) is 5.10 Å². The Balaban J connectivity index is 2.45. The summed E-state index contributed by atoms with van der Waals surface area (Å²) in [5, 5.41) is 7.57. The van der Waals surface area contributed by atoms with Gasteiger partial charge in [-0.2, -0.15) is 0 Å². The van der Waals surface area contributed by atoms with Gasteiger partial charge in [0.2, 0.25) is 5.78 Å². The van der Waals surface area contributed by atoms with E-state index in [2.05, 4.69) is 26.2 Å². The van der Waals surface area contributed by atoms with Crippen LogP contribution >= 0.6 is 27.5 Å². The van der Waals surface area contributed by atoms with Gasteiger partial charge < -0.3 is 4.42 Å². The molecule has 0 aliphatic heterocycles. The third kappa shape index (κ3) is 1.82. The monoisotopic (exact) mass is 289 g/mol. The van der Waals surface area contributed by atoms with Crippen LogP contribution in [0.3, 0.4) is 0 Å². The molecule has 5 nitrogen and oxygen atoms in total. The molecule has 0 aromatic carbocycles. The van der Waals surface area contributed by atoms with Crippen molar-refractivity contribution in [2.75, 3.05) is 0 Å². The molecule has 0 atom stereocenters. The fraction of sp³-hybridized carbons (Fsp3) is 0.125. The molecule has 0 saturated carbocycles. The first-order valence-electron chi connectivity index (χ1n) is 3.95. The minimum absolute atomic E-state index is 0.158. The van der Waals surface area contributed by atoms with Crippen LogP contribution in [0.25, 0.3) is 0 Å². The van der Waals surface area contributed by atoms with E-state index in [1.54, 1.807) is 7.05 Å². The number of rotatable bonds is 2. The SMILES string of the molecule is Cn1nnc(Br)c1C(=O)c1ccc(Cl)o1. The zero-order valence-electron chi connectivity index (χ0n) is 7.57. The Kier molecular flexibility index (Phi) is 2.62. The number of hydrogen-bond acceptors (Lipinski definition) is 4. The average Bonchev–Trinajstić information content (AvgIpc) is 2.73. The Labute approximate surface area is 98.1 Å². The summed E-state index contributed by atoms with van der Waals surface area (Å²) in [7, 11) is 1.62. The number of furan rings is 1. The molecule has 7 heteroatoms. The number of hydrogen-bond donors (Lipinski definition) is 0. The highest BCUT2D eigenvalue weighted by atomic mass is 79.9. The third-order valence-corrected chi connectivity index (χ3v) is 2.54. The van der Waals surface area contributed by atoms with Crippen LogP contribution in [-0.4, -0.2) is 20.8 Å². The number of aryl methyl sites for hydroxylation is 1. The molecule has 0 amide bonds. The van der Waals surface area contributed by atoms with Gasteiger partial charge in [0.1, 0.15) is 5.69 Å². The van der Waals surface area contributed by atoms with E-state index in [1.807, 2.05) is 0 Å². The average molecular weight is 291 g/mol. The lowest BCUT2D eigenvalue weighted by atomic mass is 10.2. The lowest BCUT2D eigenvalue weighted by molar-refractivity contribution is 0.0999. The van der Waals surface area contributed by atoms with Crippen LogP contribution in [0.1, 0.15) is 16.2 Å². The van der Waals surface area contributed by atoms with Crippen LogP contribution in [0.2, 0.25) is 5.22 Å². The zero-order valence-corrected chi connectivity index (χ0v) is 9.91. The molecule has 0 fully saturated rings. The summed E-state index contributed by atoms with van der Waals surface area (Å²) in [5.41, 5.74) is 0.320. The Bertz CT molecular complexity index is 500. The Hall–Kier alpha value is -1.14. The van der Waals surface area contributed by atoms with Gasteiger partial charge >= 0.3 is 0 Å². The number of aromatic nitrogens is 3. The molecular formula is C8H5BrClN3O2. The largest absolute Gasteiger partial charge is 0.441 e. The maximum atomic E-state index is 11.9. The topological polar surface area (TPSA) is 60.9 Å². The molecule has 2 heterocycles. The third-order valence-electron chi connectivity index (χ3n) is 1.80. The highest BCUT2D eigenvalue weighted by molar-refractivity contribution is 9.10. The second-order valence-electron chi connectivity index (χ2n) is 2.79. The summed E-state index contributed by atoms with van der Waals surface area (Å²) in [5.74, 6) is -0.160. The first-order valence-corrected chi connectivity index (χ1v) is 5.12. The molecule has 0 aliphatic rings. The van der Waals surface area contributed by atoms with Crippen LogP contribution < -0.4 is 0 Å². The van der Waals surface area contributed by atoms with Crippen molar-refractivity contribution in [3.05, 3.63) is 33.4 Å². The van der Waals surface area contributed by atoms with Crippen molar-refractivity contribution in [1.29, 1.82) is 0 Å². The Morgan fingerprint density at radius 3 is 2.80 bits per heavy atom. The van der Waals surface area contributed by atoms with E-state index < -0.39 is 0 Å². The molecule has 78 valence electrons. The van der Waals surface area contributed by atoms with E-state index in [0.29, 0.717) is 10.3 Å². The number of nitrogens with zero attached hydrogens (tertiary/aromatic N) is 3. The van der Waals surface area contributed by atoms with E-state index >= 15 is 0 Å². The molecule has 0 spiro atoms. The zero-order chi connectivity index (χ0) is 11.0. The van der Waals surface area contributed by atoms with Gasteiger partial charge in [0.15, 0.2) is 15.6 Å². The van der Waals surface area contributed by atoms with E-state index in [0.717, 1.165) is 0 Å². The first-order chi connectivity index (χ1) is 7.09. The van der Waals surface area contributed by atoms with Crippen LogP contribution in [0, 0.1) is 0 Å². The lowest BCUT2D eigenvalue weighted by Gasteiger charge is -1.96. The molecular weight excluding hydrogens is 285 g/mol. The molecule has 0 N–H and O–H groups in total. The number of carbonyl (C=O) groups excluding carboxylic acids is 1. The summed E-state index contributed by atoms with van der Waals surface area (Å²) in [6.07, 6.45) is 0. The second-order valence-corrected chi connectivity index (χ2v) is 3.91. The summed E-state index contributed by atoms with van der Waals surface area (Å²) < 4.78 is 6.75.